The van der Waals surface area contributed by atoms with Crippen molar-refractivity contribution in [1.29, 1.82) is 0 Å². The standard InChI is InChI=1S/C9H22N2OSi/c1-4-6-8-11-9(12-3)10(13-11)7-5-2/h9H,4-8,13H2,1-3H3. The van der Waals surface area contributed by atoms with Gasteiger partial charge in [-0.1, -0.05) is 20.3 Å². The summed E-state index contributed by atoms with van der Waals surface area (Å²) in [6.45, 7) is 6.93. The Morgan fingerprint density at radius 3 is 2.38 bits per heavy atom. The van der Waals surface area contributed by atoms with Gasteiger partial charge in [-0.2, -0.15) is 0 Å². The van der Waals surface area contributed by atoms with Gasteiger partial charge in [0.2, 0.25) is 0 Å². The molecule has 1 saturated heterocycles. The molecule has 0 aliphatic carbocycles. The van der Waals surface area contributed by atoms with Crippen LogP contribution in [0, 0.1) is 0 Å². The predicted molar refractivity (Wildman–Crippen MR) is 58.0 cm³/mol. The molecular formula is C9H22N2OSi. The Bertz CT molecular complexity index is 146. The summed E-state index contributed by atoms with van der Waals surface area (Å²) in [5, 5.41) is 0. The summed E-state index contributed by atoms with van der Waals surface area (Å²) in [4.78, 5) is 0. The molecule has 0 amide bonds. The lowest BCUT2D eigenvalue weighted by Gasteiger charge is -2.49. The van der Waals surface area contributed by atoms with Crippen LogP contribution in [-0.4, -0.2) is 45.5 Å². The highest BCUT2D eigenvalue weighted by Gasteiger charge is 2.35. The molecule has 1 aliphatic rings. The highest BCUT2D eigenvalue weighted by atomic mass is 28.2. The smallest absolute Gasteiger partial charge is 0.179 e. The number of rotatable bonds is 6. The minimum absolute atomic E-state index is 0.115. The van der Waals surface area contributed by atoms with Gasteiger partial charge < -0.3 is 4.74 Å². The fourth-order valence-corrected chi connectivity index (χ4v) is 3.84. The number of methoxy groups -OCH3 is 1. The molecule has 13 heavy (non-hydrogen) atoms. The molecule has 1 heterocycles. The molecule has 0 aromatic carbocycles. The van der Waals surface area contributed by atoms with Gasteiger partial charge in [0.05, 0.1) is 0 Å². The van der Waals surface area contributed by atoms with E-state index in [0.717, 1.165) is 0 Å². The van der Waals surface area contributed by atoms with Crippen LogP contribution in [0.5, 0.6) is 0 Å². The maximum atomic E-state index is 5.45. The first kappa shape index (κ1) is 11.2. The number of nitrogens with zero attached hydrogens (tertiary/aromatic N) is 2. The van der Waals surface area contributed by atoms with Gasteiger partial charge in [0.25, 0.3) is 0 Å². The number of hydrogen-bond donors (Lipinski definition) is 0. The zero-order valence-corrected chi connectivity index (χ0v) is 10.5. The average molecular weight is 202 g/mol. The Kier molecular flexibility index (Phi) is 4.94. The lowest BCUT2D eigenvalue weighted by Crippen LogP contribution is -2.67. The summed E-state index contributed by atoms with van der Waals surface area (Å²) in [5.74, 6) is 0. The van der Waals surface area contributed by atoms with Crippen LogP contribution in [0.3, 0.4) is 0 Å². The lowest BCUT2D eigenvalue weighted by atomic mass is 10.3. The molecule has 1 atom stereocenters. The normalized spacial score (nSPS) is 26.5. The van der Waals surface area contributed by atoms with Crippen molar-refractivity contribution in [1.82, 2.24) is 9.13 Å². The fraction of sp³-hybridized carbons (Fsp3) is 1.00. The Labute approximate surface area is 84.0 Å². The molecule has 0 N–H and O–H groups in total. The highest BCUT2D eigenvalue weighted by Crippen LogP contribution is 2.17. The summed E-state index contributed by atoms with van der Waals surface area (Å²) >= 11 is 0. The molecule has 0 aromatic heterocycles. The zero-order valence-electron chi connectivity index (χ0n) is 9.12. The second-order valence-electron chi connectivity index (χ2n) is 3.68. The van der Waals surface area contributed by atoms with Crippen molar-refractivity contribution in [2.45, 2.75) is 39.5 Å². The third-order valence-corrected chi connectivity index (χ3v) is 4.49. The topological polar surface area (TPSA) is 15.7 Å². The monoisotopic (exact) mass is 202 g/mol. The van der Waals surface area contributed by atoms with E-state index in [2.05, 4.69) is 23.0 Å². The molecule has 0 spiro atoms. The first-order valence-electron chi connectivity index (χ1n) is 5.34. The second kappa shape index (κ2) is 5.75. The van der Waals surface area contributed by atoms with Gasteiger partial charge in [-0.05, 0) is 25.9 Å². The van der Waals surface area contributed by atoms with Crippen molar-refractivity contribution in [3.8, 4) is 0 Å². The summed E-state index contributed by atoms with van der Waals surface area (Å²) in [7, 11) is 1.70. The number of ether oxygens (including phenoxy) is 1. The molecule has 1 rings (SSSR count). The molecule has 0 bridgehead atoms. The molecule has 78 valence electrons. The molecule has 3 nitrogen and oxygen atoms in total. The Balaban J connectivity index is 2.21. The van der Waals surface area contributed by atoms with E-state index in [1.54, 1.807) is 0 Å². The first-order valence-corrected chi connectivity index (χ1v) is 6.60. The van der Waals surface area contributed by atoms with Gasteiger partial charge >= 0.3 is 0 Å². The van der Waals surface area contributed by atoms with Crippen LogP contribution in [-0.2, 0) is 4.74 Å². The van der Waals surface area contributed by atoms with Crippen molar-refractivity contribution in [3.05, 3.63) is 0 Å². The Hall–Kier alpha value is 0.0969. The number of unbranched alkanes of at least 4 members (excludes halogenated alkanes) is 1. The molecule has 0 radical (unpaired) electrons. The molecular weight excluding hydrogens is 180 g/mol. The van der Waals surface area contributed by atoms with Crippen molar-refractivity contribution in [2.75, 3.05) is 20.2 Å². The third kappa shape index (κ3) is 2.77. The largest absolute Gasteiger partial charge is 0.354 e. The van der Waals surface area contributed by atoms with Gasteiger partial charge in [-0.25, -0.2) is 0 Å². The van der Waals surface area contributed by atoms with Gasteiger partial charge in [-0.3, -0.25) is 9.13 Å². The van der Waals surface area contributed by atoms with Crippen LogP contribution in [0.1, 0.15) is 33.1 Å². The van der Waals surface area contributed by atoms with E-state index < -0.39 is 0 Å². The fourth-order valence-electron chi connectivity index (χ4n) is 1.82. The van der Waals surface area contributed by atoms with Crippen molar-refractivity contribution >= 4 is 9.84 Å². The number of hydrogen-bond acceptors (Lipinski definition) is 3. The SMILES string of the molecule is CCCCN1[SiH2]N(CCC)C1OC. The minimum Gasteiger partial charge on any atom is -0.354 e. The Morgan fingerprint density at radius 2 is 1.85 bits per heavy atom. The van der Waals surface area contributed by atoms with Gasteiger partial charge in [0.1, 0.15) is 0 Å². The molecule has 0 aromatic rings. The second-order valence-corrected chi connectivity index (χ2v) is 5.59. The average Bonchev–Trinajstić information content (AvgIpc) is 2.10. The summed E-state index contributed by atoms with van der Waals surface area (Å²) in [5.41, 5.74) is 0. The van der Waals surface area contributed by atoms with Crippen LogP contribution in [0.25, 0.3) is 0 Å². The van der Waals surface area contributed by atoms with Crippen LogP contribution >= 0.6 is 0 Å². The van der Waals surface area contributed by atoms with E-state index >= 15 is 0 Å². The highest BCUT2D eigenvalue weighted by molar-refractivity contribution is 6.31. The van der Waals surface area contributed by atoms with Crippen molar-refractivity contribution in [3.63, 3.8) is 0 Å². The zero-order chi connectivity index (χ0) is 9.68. The molecule has 0 saturated carbocycles. The predicted octanol–water partition coefficient (Wildman–Crippen LogP) is 0.743. The summed E-state index contributed by atoms with van der Waals surface area (Å²) in [6, 6.07) is 0. The van der Waals surface area contributed by atoms with E-state index in [1.165, 1.54) is 32.4 Å². The van der Waals surface area contributed by atoms with Crippen molar-refractivity contribution < 1.29 is 4.74 Å². The van der Waals surface area contributed by atoms with Crippen LogP contribution in [0.15, 0.2) is 0 Å². The van der Waals surface area contributed by atoms with Crippen LogP contribution in [0.4, 0.5) is 0 Å². The summed E-state index contributed by atoms with van der Waals surface area (Å²) in [6.07, 6.45) is 4.16. The van der Waals surface area contributed by atoms with Gasteiger partial charge in [0.15, 0.2) is 16.2 Å². The van der Waals surface area contributed by atoms with E-state index in [4.69, 9.17) is 4.74 Å². The maximum Gasteiger partial charge on any atom is 0.179 e. The van der Waals surface area contributed by atoms with Crippen molar-refractivity contribution in [2.24, 2.45) is 0 Å². The van der Waals surface area contributed by atoms with E-state index in [-0.39, 0.29) is 9.84 Å². The van der Waals surface area contributed by atoms with Crippen LogP contribution < -0.4 is 0 Å². The van der Waals surface area contributed by atoms with E-state index in [0.29, 0.717) is 6.35 Å². The summed E-state index contributed by atoms with van der Waals surface area (Å²) < 4.78 is 10.5. The molecule has 1 aliphatic heterocycles. The Morgan fingerprint density at radius 1 is 1.15 bits per heavy atom. The third-order valence-electron chi connectivity index (χ3n) is 2.51. The quantitative estimate of drug-likeness (QED) is 0.591. The van der Waals surface area contributed by atoms with Gasteiger partial charge in [-0.15, -0.1) is 0 Å². The maximum absolute atomic E-state index is 5.45. The minimum atomic E-state index is -0.115. The van der Waals surface area contributed by atoms with E-state index in [9.17, 15) is 0 Å². The van der Waals surface area contributed by atoms with Gasteiger partial charge in [0, 0.05) is 7.11 Å². The first-order chi connectivity index (χ1) is 6.33. The van der Waals surface area contributed by atoms with E-state index in [1.807, 2.05) is 7.11 Å². The molecule has 4 heteroatoms. The lowest BCUT2D eigenvalue weighted by molar-refractivity contribution is -0.113. The molecule has 1 fully saturated rings. The van der Waals surface area contributed by atoms with Crippen LogP contribution in [0.2, 0.25) is 0 Å². The molecule has 1 unspecified atom stereocenters.